The molecule has 0 spiro atoms. The summed E-state index contributed by atoms with van der Waals surface area (Å²) in [6, 6.07) is 0. The molecule has 19 heavy (non-hydrogen) atoms. The first-order valence-electron chi connectivity index (χ1n) is 6.05. The fourth-order valence-electron chi connectivity index (χ4n) is 2.48. The Morgan fingerprint density at radius 2 is 1.84 bits per heavy atom. The second-order valence-corrected chi connectivity index (χ2v) is 9.02. The average Bonchev–Trinajstić information content (AvgIpc) is 2.26. The van der Waals surface area contributed by atoms with Crippen molar-refractivity contribution in [2.24, 2.45) is 11.8 Å². The molecule has 0 aliphatic carbocycles. The predicted octanol–water partition coefficient (Wildman–Crippen LogP) is 0.256. The first-order valence-corrected chi connectivity index (χ1v) is 10.2. The van der Waals surface area contributed by atoms with Gasteiger partial charge in [0.15, 0.2) is 0 Å². The Kier molecular flexibility index (Phi) is 6.55. The van der Waals surface area contributed by atoms with Gasteiger partial charge < -0.3 is 24.9 Å². The van der Waals surface area contributed by atoms with Crippen LogP contribution in [0.25, 0.3) is 0 Å². The number of nitrogens with one attached hydrogen (secondary N) is 1. The van der Waals surface area contributed by atoms with E-state index in [1.807, 2.05) is 0 Å². The Bertz CT molecular complexity index is 383. The van der Waals surface area contributed by atoms with Crippen molar-refractivity contribution in [1.29, 1.82) is 0 Å². The Hall–Kier alpha value is 0.610. The van der Waals surface area contributed by atoms with Crippen molar-refractivity contribution >= 4 is 27.8 Å². The van der Waals surface area contributed by atoms with Crippen LogP contribution in [0, 0.1) is 11.8 Å². The molecule has 0 aromatic heterocycles. The van der Waals surface area contributed by atoms with E-state index in [4.69, 9.17) is 9.79 Å². The maximum Gasteiger partial charge on any atom is 0.328 e. The molecule has 1 aliphatic heterocycles. The zero-order valence-corrected chi connectivity index (χ0v) is 13.1. The molecule has 10 heteroatoms. The summed E-state index contributed by atoms with van der Waals surface area (Å²) in [5.41, 5.74) is -1.00. The Morgan fingerprint density at radius 3 is 2.32 bits per heavy atom. The molecule has 1 aliphatic rings. The summed E-state index contributed by atoms with van der Waals surface area (Å²) in [4.78, 5) is 36.5. The number of piperidine rings is 1. The van der Waals surface area contributed by atoms with Gasteiger partial charge in [0.25, 0.3) is 0 Å². The van der Waals surface area contributed by atoms with Gasteiger partial charge in [-0.1, -0.05) is 0 Å². The van der Waals surface area contributed by atoms with Gasteiger partial charge in [-0.05, 0) is 43.5 Å². The lowest BCUT2D eigenvalue weighted by molar-refractivity contribution is 0.261. The third-order valence-electron chi connectivity index (χ3n) is 3.43. The highest BCUT2D eigenvalue weighted by atomic mass is 32.1. The lowest BCUT2D eigenvalue weighted by atomic mass is 9.88. The monoisotopic (exact) mass is 333 g/mol. The molecule has 0 bridgehead atoms. The van der Waals surface area contributed by atoms with Gasteiger partial charge in [0, 0.05) is 0 Å². The van der Waals surface area contributed by atoms with Gasteiger partial charge in [-0.2, -0.15) is 12.6 Å². The van der Waals surface area contributed by atoms with Crippen LogP contribution in [0.5, 0.6) is 0 Å². The minimum Gasteiger partial charge on any atom is -0.324 e. The van der Waals surface area contributed by atoms with Crippen LogP contribution in [0.2, 0.25) is 0 Å². The van der Waals surface area contributed by atoms with Gasteiger partial charge in [-0.15, -0.1) is 0 Å². The Balaban J connectivity index is 2.74. The van der Waals surface area contributed by atoms with Crippen molar-refractivity contribution in [3.05, 3.63) is 0 Å². The largest absolute Gasteiger partial charge is 0.328 e. The molecule has 0 radical (unpaired) electrons. The highest BCUT2D eigenvalue weighted by molar-refractivity contribution is 7.80. The topological polar surface area (TPSA) is 127 Å². The van der Waals surface area contributed by atoms with Crippen molar-refractivity contribution in [3.63, 3.8) is 0 Å². The van der Waals surface area contributed by atoms with Crippen molar-refractivity contribution in [3.8, 4) is 0 Å². The molecule has 3 atom stereocenters. The lowest BCUT2D eigenvalue weighted by Gasteiger charge is -2.35. The summed E-state index contributed by atoms with van der Waals surface area (Å²) in [5.74, 6) is 0.569. The first kappa shape index (κ1) is 17.7. The van der Waals surface area contributed by atoms with E-state index in [0.29, 0.717) is 18.7 Å². The second-order valence-electron chi connectivity index (χ2n) is 5.04. The van der Waals surface area contributed by atoms with E-state index in [-0.39, 0.29) is 18.3 Å². The molecule has 1 fully saturated rings. The van der Waals surface area contributed by atoms with Gasteiger partial charge in [-0.25, -0.2) is 0 Å². The second kappa shape index (κ2) is 7.05. The molecule has 7 nitrogen and oxygen atoms in total. The Morgan fingerprint density at radius 1 is 1.21 bits per heavy atom. The molecule has 114 valence electrons. The lowest BCUT2D eigenvalue weighted by Crippen LogP contribution is -2.42. The van der Waals surface area contributed by atoms with E-state index in [1.165, 1.54) is 0 Å². The molecule has 1 heterocycles. The van der Waals surface area contributed by atoms with Crippen LogP contribution in [-0.4, -0.2) is 50.2 Å². The number of rotatable bonds is 6. The molecule has 0 amide bonds. The average molecular weight is 333 g/mol. The number of thiol groups is 1. The van der Waals surface area contributed by atoms with Crippen LogP contribution in [-0.2, 0) is 9.13 Å². The first-order chi connectivity index (χ1) is 8.63. The minimum absolute atomic E-state index is 0.166. The SMILES string of the molecule is O=P(O)(O)CCC(C1CNCC(CS)C1)P(=O)(O)O. The highest BCUT2D eigenvalue weighted by Crippen LogP contribution is 2.50. The van der Waals surface area contributed by atoms with Crippen LogP contribution < -0.4 is 5.32 Å². The minimum atomic E-state index is -4.38. The van der Waals surface area contributed by atoms with E-state index in [2.05, 4.69) is 17.9 Å². The normalized spacial score (nSPS) is 27.2. The molecule has 1 saturated heterocycles. The standard InChI is InChI=1S/C9H21NO6P2S/c11-17(12,13)2-1-9(18(14,15)16)8-3-7(6-19)4-10-5-8/h7-10,19H,1-6H2,(H2,11,12,13)(H2,14,15,16). The fourth-order valence-corrected chi connectivity index (χ4v) is 4.82. The summed E-state index contributed by atoms with van der Waals surface area (Å²) in [6.45, 7) is 1.22. The van der Waals surface area contributed by atoms with Gasteiger partial charge in [0.2, 0.25) is 0 Å². The highest BCUT2D eigenvalue weighted by Gasteiger charge is 2.39. The van der Waals surface area contributed by atoms with E-state index in [1.54, 1.807) is 0 Å². The molecular formula is C9H21NO6P2S. The molecule has 5 N–H and O–H groups in total. The summed E-state index contributed by atoms with van der Waals surface area (Å²) < 4.78 is 22.4. The van der Waals surface area contributed by atoms with E-state index >= 15 is 0 Å². The Labute approximate surface area is 117 Å². The summed E-state index contributed by atoms with van der Waals surface area (Å²) in [6.07, 6.45) is -0.0432. The predicted molar refractivity (Wildman–Crippen MR) is 75.7 cm³/mol. The zero-order chi connectivity index (χ0) is 14.7. The van der Waals surface area contributed by atoms with Crippen molar-refractivity contribution < 1.29 is 28.7 Å². The fraction of sp³-hybridized carbons (Fsp3) is 1.00. The van der Waals surface area contributed by atoms with Gasteiger partial charge in [0.05, 0.1) is 11.8 Å². The maximum atomic E-state index is 11.5. The third kappa shape index (κ3) is 6.27. The summed E-state index contributed by atoms with van der Waals surface area (Å²) in [7, 11) is -8.62. The molecule has 3 unspecified atom stereocenters. The van der Waals surface area contributed by atoms with Crippen LogP contribution in [0.4, 0.5) is 0 Å². The summed E-state index contributed by atoms with van der Waals surface area (Å²) in [5, 5.41) is 3.10. The van der Waals surface area contributed by atoms with Crippen molar-refractivity contribution in [2.75, 3.05) is 25.0 Å². The van der Waals surface area contributed by atoms with Gasteiger partial charge in [0.1, 0.15) is 0 Å². The molecule has 0 aromatic carbocycles. The molecular weight excluding hydrogens is 312 g/mol. The third-order valence-corrected chi connectivity index (χ3v) is 6.33. The van der Waals surface area contributed by atoms with Crippen LogP contribution in [0.3, 0.4) is 0 Å². The smallest absolute Gasteiger partial charge is 0.324 e. The molecule has 0 aromatic rings. The van der Waals surface area contributed by atoms with Crippen LogP contribution in [0.1, 0.15) is 12.8 Å². The van der Waals surface area contributed by atoms with Gasteiger partial charge in [-0.3, -0.25) is 9.13 Å². The quantitative estimate of drug-likeness (QED) is 0.304. The van der Waals surface area contributed by atoms with E-state index in [0.717, 1.165) is 6.54 Å². The van der Waals surface area contributed by atoms with Gasteiger partial charge >= 0.3 is 15.2 Å². The van der Waals surface area contributed by atoms with Crippen molar-refractivity contribution in [2.45, 2.75) is 18.5 Å². The van der Waals surface area contributed by atoms with Crippen LogP contribution >= 0.6 is 27.8 Å². The van der Waals surface area contributed by atoms with E-state index < -0.39 is 27.0 Å². The van der Waals surface area contributed by atoms with Crippen LogP contribution in [0.15, 0.2) is 0 Å². The van der Waals surface area contributed by atoms with Crippen molar-refractivity contribution in [1.82, 2.24) is 5.32 Å². The zero-order valence-electron chi connectivity index (χ0n) is 10.4. The molecule has 1 rings (SSSR count). The number of hydrogen-bond acceptors (Lipinski definition) is 4. The maximum absolute atomic E-state index is 11.5. The summed E-state index contributed by atoms with van der Waals surface area (Å²) >= 11 is 4.18. The van der Waals surface area contributed by atoms with E-state index in [9.17, 15) is 18.9 Å². The molecule has 0 saturated carbocycles. The number of hydrogen-bond donors (Lipinski definition) is 6.